The minimum absolute atomic E-state index is 0.0322. The summed E-state index contributed by atoms with van der Waals surface area (Å²) in [5.41, 5.74) is 1.84. The Hall–Kier alpha value is -3.14. The summed E-state index contributed by atoms with van der Waals surface area (Å²) in [6.07, 6.45) is 0.110. The van der Waals surface area contributed by atoms with Crippen molar-refractivity contribution in [3.05, 3.63) is 72.3 Å². The van der Waals surface area contributed by atoms with E-state index < -0.39 is 5.97 Å². The number of anilines is 1. The topological polar surface area (TPSA) is 55.4 Å². The molecule has 0 spiro atoms. The van der Waals surface area contributed by atoms with Crippen LogP contribution in [0, 0.1) is 6.92 Å². The molecule has 3 aromatic rings. The number of carbonyl (C=O) groups is 2. The molecule has 1 amide bonds. The van der Waals surface area contributed by atoms with Crippen LogP contribution < -0.4 is 10.1 Å². The highest BCUT2D eigenvalue weighted by atomic mass is 16.5. The number of hydrogen-bond donors (Lipinski definition) is 1. The van der Waals surface area contributed by atoms with E-state index in [0.717, 1.165) is 22.0 Å². The highest BCUT2D eigenvalue weighted by molar-refractivity contribution is 6.02. The number of ether oxygens (including phenoxy) is 1. The smallest absolute Gasteiger partial charge is 0.311 e. The van der Waals surface area contributed by atoms with E-state index >= 15 is 0 Å². The third kappa shape index (κ3) is 4.44. The first-order chi connectivity index (χ1) is 12.1. The van der Waals surface area contributed by atoms with Crippen LogP contribution in [-0.2, 0) is 9.59 Å². The molecule has 0 saturated carbocycles. The first kappa shape index (κ1) is 16.7. The Labute approximate surface area is 146 Å². The summed E-state index contributed by atoms with van der Waals surface area (Å²) in [6, 6.07) is 20.8. The molecule has 126 valence electrons. The summed E-state index contributed by atoms with van der Waals surface area (Å²) in [7, 11) is 0. The zero-order valence-corrected chi connectivity index (χ0v) is 14.0. The van der Waals surface area contributed by atoms with Crippen molar-refractivity contribution >= 4 is 28.3 Å². The Bertz CT molecular complexity index is 895. The first-order valence-corrected chi connectivity index (χ1v) is 8.17. The Morgan fingerprint density at radius 1 is 0.880 bits per heavy atom. The van der Waals surface area contributed by atoms with E-state index in [0.29, 0.717) is 5.75 Å². The molecular weight excluding hydrogens is 314 g/mol. The third-order valence-corrected chi connectivity index (χ3v) is 3.87. The van der Waals surface area contributed by atoms with Gasteiger partial charge < -0.3 is 10.1 Å². The summed E-state index contributed by atoms with van der Waals surface area (Å²) in [5, 5.41) is 4.89. The SMILES string of the molecule is Cc1ccc(OC(=O)CCC(=O)Nc2cccc3ccccc23)cc1. The van der Waals surface area contributed by atoms with E-state index in [1.54, 1.807) is 12.1 Å². The molecule has 0 aliphatic rings. The minimum Gasteiger partial charge on any atom is -0.427 e. The van der Waals surface area contributed by atoms with Crippen LogP contribution in [0.25, 0.3) is 10.8 Å². The van der Waals surface area contributed by atoms with Crippen molar-refractivity contribution in [3.8, 4) is 5.75 Å². The summed E-state index contributed by atoms with van der Waals surface area (Å²) in [5.74, 6) is -0.140. The second-order valence-electron chi connectivity index (χ2n) is 5.86. The number of fused-ring (bicyclic) bond motifs is 1. The van der Waals surface area contributed by atoms with Crippen LogP contribution in [0.2, 0.25) is 0 Å². The second-order valence-corrected chi connectivity index (χ2v) is 5.86. The van der Waals surface area contributed by atoms with Gasteiger partial charge in [0.2, 0.25) is 5.91 Å². The Balaban J connectivity index is 1.55. The van der Waals surface area contributed by atoms with Gasteiger partial charge in [0, 0.05) is 17.5 Å². The van der Waals surface area contributed by atoms with Gasteiger partial charge in [-0.15, -0.1) is 0 Å². The third-order valence-electron chi connectivity index (χ3n) is 3.87. The molecule has 0 saturated heterocycles. The number of nitrogens with one attached hydrogen (secondary N) is 1. The normalized spacial score (nSPS) is 10.4. The van der Waals surface area contributed by atoms with Crippen molar-refractivity contribution in [1.29, 1.82) is 0 Å². The van der Waals surface area contributed by atoms with Gasteiger partial charge in [0.05, 0.1) is 6.42 Å². The molecule has 4 nitrogen and oxygen atoms in total. The number of rotatable bonds is 5. The highest BCUT2D eigenvalue weighted by Crippen LogP contribution is 2.23. The molecule has 0 aromatic heterocycles. The number of benzene rings is 3. The molecule has 0 unspecified atom stereocenters. The van der Waals surface area contributed by atoms with Gasteiger partial charge in [0.1, 0.15) is 5.75 Å². The van der Waals surface area contributed by atoms with E-state index in [9.17, 15) is 9.59 Å². The van der Waals surface area contributed by atoms with Crippen molar-refractivity contribution in [2.75, 3.05) is 5.32 Å². The van der Waals surface area contributed by atoms with Gasteiger partial charge in [-0.1, -0.05) is 54.1 Å². The molecule has 0 atom stereocenters. The molecule has 3 rings (SSSR count). The molecule has 0 heterocycles. The van der Waals surface area contributed by atoms with Gasteiger partial charge in [-0.05, 0) is 30.5 Å². The predicted octanol–water partition coefficient (Wildman–Crippen LogP) is 4.47. The largest absolute Gasteiger partial charge is 0.427 e. The summed E-state index contributed by atoms with van der Waals surface area (Å²) < 4.78 is 5.22. The zero-order chi connectivity index (χ0) is 17.6. The fourth-order valence-electron chi connectivity index (χ4n) is 2.55. The van der Waals surface area contributed by atoms with Gasteiger partial charge in [-0.25, -0.2) is 0 Å². The van der Waals surface area contributed by atoms with Crippen LogP contribution in [0.3, 0.4) is 0 Å². The van der Waals surface area contributed by atoms with Gasteiger partial charge in [-0.2, -0.15) is 0 Å². The van der Waals surface area contributed by atoms with Crippen molar-refractivity contribution in [1.82, 2.24) is 0 Å². The fraction of sp³-hybridized carbons (Fsp3) is 0.143. The Morgan fingerprint density at radius 3 is 2.40 bits per heavy atom. The lowest BCUT2D eigenvalue weighted by molar-refractivity contribution is -0.135. The Morgan fingerprint density at radius 2 is 1.60 bits per heavy atom. The van der Waals surface area contributed by atoms with Crippen LogP contribution >= 0.6 is 0 Å². The van der Waals surface area contributed by atoms with E-state index in [2.05, 4.69) is 5.32 Å². The van der Waals surface area contributed by atoms with Gasteiger partial charge in [-0.3, -0.25) is 9.59 Å². The zero-order valence-electron chi connectivity index (χ0n) is 14.0. The molecule has 25 heavy (non-hydrogen) atoms. The highest BCUT2D eigenvalue weighted by Gasteiger charge is 2.10. The monoisotopic (exact) mass is 333 g/mol. The number of carbonyl (C=O) groups excluding carboxylic acids is 2. The standard InChI is InChI=1S/C21H19NO3/c1-15-9-11-17(12-10-15)25-21(24)14-13-20(23)22-19-8-4-6-16-5-2-3-7-18(16)19/h2-12H,13-14H2,1H3,(H,22,23). The van der Waals surface area contributed by atoms with Crippen LogP contribution in [0.5, 0.6) is 5.75 Å². The lowest BCUT2D eigenvalue weighted by Gasteiger charge is -2.09. The minimum atomic E-state index is -0.420. The second kappa shape index (κ2) is 7.62. The number of esters is 1. The molecule has 0 fully saturated rings. The summed E-state index contributed by atoms with van der Waals surface area (Å²) in [6.45, 7) is 1.96. The summed E-state index contributed by atoms with van der Waals surface area (Å²) in [4.78, 5) is 24.0. The maximum Gasteiger partial charge on any atom is 0.311 e. The van der Waals surface area contributed by atoms with Crippen LogP contribution in [0.1, 0.15) is 18.4 Å². The van der Waals surface area contributed by atoms with Crippen molar-refractivity contribution in [3.63, 3.8) is 0 Å². The molecular formula is C21H19NO3. The first-order valence-electron chi connectivity index (χ1n) is 8.17. The van der Waals surface area contributed by atoms with Crippen molar-refractivity contribution in [2.45, 2.75) is 19.8 Å². The lowest BCUT2D eigenvalue weighted by atomic mass is 10.1. The molecule has 3 aromatic carbocycles. The molecule has 0 radical (unpaired) electrons. The average molecular weight is 333 g/mol. The summed E-state index contributed by atoms with van der Waals surface area (Å²) >= 11 is 0. The predicted molar refractivity (Wildman–Crippen MR) is 98.6 cm³/mol. The molecule has 0 aliphatic heterocycles. The Kier molecular flexibility index (Phi) is 5.09. The molecule has 4 heteroatoms. The van der Waals surface area contributed by atoms with E-state index in [-0.39, 0.29) is 18.7 Å². The maximum absolute atomic E-state index is 12.1. The van der Waals surface area contributed by atoms with Gasteiger partial charge >= 0.3 is 5.97 Å². The average Bonchev–Trinajstić information content (AvgIpc) is 2.62. The van der Waals surface area contributed by atoms with E-state index in [1.165, 1.54) is 0 Å². The van der Waals surface area contributed by atoms with Gasteiger partial charge in [0.15, 0.2) is 0 Å². The lowest BCUT2D eigenvalue weighted by Crippen LogP contribution is -2.16. The quantitative estimate of drug-likeness (QED) is 0.553. The van der Waals surface area contributed by atoms with Crippen LogP contribution in [0.15, 0.2) is 66.7 Å². The van der Waals surface area contributed by atoms with Crippen LogP contribution in [0.4, 0.5) is 5.69 Å². The number of aryl methyl sites for hydroxylation is 1. The molecule has 1 N–H and O–H groups in total. The van der Waals surface area contributed by atoms with E-state index in [1.807, 2.05) is 61.5 Å². The maximum atomic E-state index is 12.1. The van der Waals surface area contributed by atoms with Crippen molar-refractivity contribution < 1.29 is 14.3 Å². The van der Waals surface area contributed by atoms with Crippen LogP contribution in [-0.4, -0.2) is 11.9 Å². The molecule has 0 aliphatic carbocycles. The number of amides is 1. The number of hydrogen-bond acceptors (Lipinski definition) is 3. The van der Waals surface area contributed by atoms with E-state index in [4.69, 9.17) is 4.74 Å². The molecule has 0 bridgehead atoms. The van der Waals surface area contributed by atoms with Crippen molar-refractivity contribution in [2.24, 2.45) is 0 Å². The van der Waals surface area contributed by atoms with Gasteiger partial charge in [0.25, 0.3) is 0 Å². The fourth-order valence-corrected chi connectivity index (χ4v) is 2.55.